The van der Waals surface area contributed by atoms with Gasteiger partial charge in [-0.1, -0.05) is 23.7 Å². The Hall–Kier alpha value is -3.55. The molecule has 5 rings (SSSR count). The highest BCUT2D eigenvalue weighted by Crippen LogP contribution is 2.46. The minimum Gasteiger partial charge on any atom is -0.497 e. The predicted molar refractivity (Wildman–Crippen MR) is 148 cm³/mol. The Morgan fingerprint density at radius 1 is 0.972 bits per heavy atom. The summed E-state index contributed by atoms with van der Waals surface area (Å²) in [4.78, 5) is 6.80. The van der Waals surface area contributed by atoms with E-state index in [0.717, 1.165) is 34.0 Å². The molecular weight excluding hydrogens is 492 g/mol. The minimum atomic E-state index is -0.172. The first-order valence-electron chi connectivity index (χ1n) is 11.6. The molecular formula is C28H27ClN4O2S. The van der Waals surface area contributed by atoms with Gasteiger partial charge in [-0.3, -0.25) is 4.98 Å². The number of nitrogens with one attached hydrogen (secondary N) is 1. The number of aromatic nitrogens is 2. The van der Waals surface area contributed by atoms with E-state index in [4.69, 9.17) is 33.3 Å². The van der Waals surface area contributed by atoms with Gasteiger partial charge in [-0.2, -0.15) is 0 Å². The van der Waals surface area contributed by atoms with Crippen LogP contribution in [0.1, 0.15) is 34.7 Å². The Labute approximate surface area is 221 Å². The van der Waals surface area contributed by atoms with Crippen molar-refractivity contribution in [1.29, 1.82) is 0 Å². The second-order valence-corrected chi connectivity index (χ2v) is 9.50. The molecule has 36 heavy (non-hydrogen) atoms. The van der Waals surface area contributed by atoms with Crippen LogP contribution in [0.25, 0.3) is 5.69 Å². The van der Waals surface area contributed by atoms with Gasteiger partial charge >= 0.3 is 0 Å². The first-order chi connectivity index (χ1) is 17.4. The molecule has 2 aromatic heterocycles. The number of halogens is 1. The molecule has 3 heterocycles. The van der Waals surface area contributed by atoms with Crippen LogP contribution < -0.4 is 19.7 Å². The molecule has 8 heteroatoms. The summed E-state index contributed by atoms with van der Waals surface area (Å²) in [7, 11) is 3.29. The number of thiocarbonyl (C=S) groups is 1. The van der Waals surface area contributed by atoms with E-state index < -0.39 is 0 Å². The highest BCUT2D eigenvalue weighted by atomic mass is 35.5. The third-order valence-electron chi connectivity index (χ3n) is 6.60. The third-order valence-corrected chi connectivity index (χ3v) is 7.15. The predicted octanol–water partition coefficient (Wildman–Crippen LogP) is 6.34. The van der Waals surface area contributed by atoms with E-state index in [1.54, 1.807) is 14.2 Å². The van der Waals surface area contributed by atoms with E-state index in [9.17, 15) is 0 Å². The largest absolute Gasteiger partial charge is 0.497 e. The molecule has 1 N–H and O–H groups in total. The van der Waals surface area contributed by atoms with Gasteiger partial charge in [0.15, 0.2) is 5.11 Å². The Morgan fingerprint density at radius 2 is 1.81 bits per heavy atom. The number of nitrogens with zero attached hydrogens (tertiary/aromatic N) is 3. The zero-order valence-electron chi connectivity index (χ0n) is 20.5. The first kappa shape index (κ1) is 24.2. The molecule has 1 aliphatic rings. The summed E-state index contributed by atoms with van der Waals surface area (Å²) < 4.78 is 13.4. The van der Waals surface area contributed by atoms with E-state index in [1.165, 1.54) is 0 Å². The van der Waals surface area contributed by atoms with Crippen molar-refractivity contribution in [3.8, 4) is 17.2 Å². The summed E-state index contributed by atoms with van der Waals surface area (Å²) >= 11 is 12.3. The molecule has 1 fully saturated rings. The van der Waals surface area contributed by atoms with Crippen molar-refractivity contribution in [3.63, 3.8) is 0 Å². The maximum absolute atomic E-state index is 6.34. The number of rotatable bonds is 6. The summed E-state index contributed by atoms with van der Waals surface area (Å²) in [5, 5.41) is 4.83. The average Bonchev–Trinajstić information content (AvgIpc) is 3.38. The van der Waals surface area contributed by atoms with Crippen molar-refractivity contribution in [1.82, 2.24) is 14.9 Å². The van der Waals surface area contributed by atoms with E-state index in [-0.39, 0.29) is 12.1 Å². The van der Waals surface area contributed by atoms with Crippen molar-refractivity contribution < 1.29 is 9.47 Å². The maximum atomic E-state index is 6.34. The van der Waals surface area contributed by atoms with Crippen LogP contribution in [0.3, 0.4) is 0 Å². The van der Waals surface area contributed by atoms with E-state index >= 15 is 0 Å². The molecule has 6 nitrogen and oxygen atoms in total. The molecule has 0 bridgehead atoms. The molecule has 184 valence electrons. The zero-order valence-corrected chi connectivity index (χ0v) is 22.1. The number of hydrogen-bond acceptors (Lipinski definition) is 4. The maximum Gasteiger partial charge on any atom is 0.174 e. The average molecular weight is 519 g/mol. The molecule has 2 atom stereocenters. The van der Waals surface area contributed by atoms with Crippen molar-refractivity contribution >= 4 is 34.6 Å². The number of methoxy groups -OCH3 is 2. The fourth-order valence-corrected chi connectivity index (χ4v) is 5.54. The van der Waals surface area contributed by atoms with Gasteiger partial charge in [0.25, 0.3) is 0 Å². The van der Waals surface area contributed by atoms with Gasteiger partial charge in [0, 0.05) is 34.4 Å². The summed E-state index contributed by atoms with van der Waals surface area (Å²) in [5.41, 5.74) is 6.11. The van der Waals surface area contributed by atoms with Crippen molar-refractivity contribution in [2.24, 2.45) is 0 Å². The second kappa shape index (κ2) is 9.84. The van der Waals surface area contributed by atoms with Gasteiger partial charge in [0.05, 0.1) is 37.7 Å². The van der Waals surface area contributed by atoms with Gasteiger partial charge in [0.1, 0.15) is 11.5 Å². The van der Waals surface area contributed by atoms with Crippen LogP contribution in [0.2, 0.25) is 5.02 Å². The van der Waals surface area contributed by atoms with Crippen LogP contribution in [0.15, 0.2) is 72.9 Å². The zero-order chi connectivity index (χ0) is 25.4. The molecule has 0 amide bonds. The number of aryl methyl sites for hydroxylation is 1. The van der Waals surface area contributed by atoms with Gasteiger partial charge in [-0.25, -0.2) is 0 Å². The topological polar surface area (TPSA) is 51.5 Å². The summed E-state index contributed by atoms with van der Waals surface area (Å²) in [6, 6.07) is 21.5. The molecule has 2 aromatic carbocycles. The minimum absolute atomic E-state index is 0.168. The number of ether oxygens (including phenoxy) is 2. The second-order valence-electron chi connectivity index (χ2n) is 8.68. The van der Waals surface area contributed by atoms with Crippen LogP contribution in [0, 0.1) is 13.8 Å². The lowest BCUT2D eigenvalue weighted by atomic mass is 9.96. The summed E-state index contributed by atoms with van der Waals surface area (Å²) in [6.07, 6.45) is 1.81. The Morgan fingerprint density at radius 3 is 2.50 bits per heavy atom. The van der Waals surface area contributed by atoms with Crippen LogP contribution >= 0.6 is 23.8 Å². The monoisotopic (exact) mass is 518 g/mol. The van der Waals surface area contributed by atoms with Gasteiger partial charge in [-0.15, -0.1) is 0 Å². The number of hydrogen-bond donors (Lipinski definition) is 1. The lowest BCUT2D eigenvalue weighted by Gasteiger charge is -2.29. The summed E-state index contributed by atoms with van der Waals surface area (Å²) in [5.74, 6) is 1.39. The van der Waals surface area contributed by atoms with Crippen LogP contribution in [0.5, 0.6) is 11.5 Å². The highest BCUT2D eigenvalue weighted by molar-refractivity contribution is 7.80. The quantitative estimate of drug-likeness (QED) is 0.301. The SMILES string of the molecule is COc1ccc(N2C(=S)N[C@@H](c3ccccn3)[C@@H]2c2cc(C)n(-c3cccc(Cl)c3)c2C)c(OC)c1. The van der Waals surface area contributed by atoms with Gasteiger partial charge < -0.3 is 24.3 Å². The molecule has 0 saturated carbocycles. The van der Waals surface area contributed by atoms with Crippen LogP contribution in [-0.4, -0.2) is 28.9 Å². The normalized spacial score (nSPS) is 17.2. The van der Waals surface area contributed by atoms with Gasteiger partial charge in [0.2, 0.25) is 0 Å². The van der Waals surface area contributed by atoms with E-state index in [2.05, 4.69) is 45.7 Å². The van der Waals surface area contributed by atoms with Crippen LogP contribution in [-0.2, 0) is 0 Å². The summed E-state index contributed by atoms with van der Waals surface area (Å²) in [6.45, 7) is 4.23. The molecule has 1 saturated heterocycles. The fraction of sp³-hybridized carbons (Fsp3) is 0.214. The Kier molecular flexibility index (Phi) is 6.60. The van der Waals surface area contributed by atoms with E-state index in [1.807, 2.05) is 60.8 Å². The van der Waals surface area contributed by atoms with Crippen molar-refractivity contribution in [2.45, 2.75) is 25.9 Å². The molecule has 4 aromatic rings. The fourth-order valence-electron chi connectivity index (χ4n) is 5.01. The first-order valence-corrected chi connectivity index (χ1v) is 12.4. The molecule has 0 aliphatic carbocycles. The van der Waals surface area contributed by atoms with Crippen molar-refractivity contribution in [2.75, 3.05) is 19.1 Å². The number of benzene rings is 2. The van der Waals surface area contributed by atoms with E-state index in [0.29, 0.717) is 21.6 Å². The molecule has 0 spiro atoms. The molecule has 1 aliphatic heterocycles. The number of pyridine rings is 1. The smallest absolute Gasteiger partial charge is 0.174 e. The third kappa shape index (κ3) is 4.18. The lowest BCUT2D eigenvalue weighted by molar-refractivity contribution is 0.394. The Balaban J connectivity index is 1.70. The van der Waals surface area contributed by atoms with Crippen LogP contribution in [0.4, 0.5) is 5.69 Å². The van der Waals surface area contributed by atoms with Crippen molar-refractivity contribution in [3.05, 3.63) is 101 Å². The molecule has 0 unspecified atom stereocenters. The lowest BCUT2D eigenvalue weighted by Crippen LogP contribution is -2.30. The highest BCUT2D eigenvalue weighted by Gasteiger charge is 2.43. The number of anilines is 1. The van der Waals surface area contributed by atoms with Gasteiger partial charge in [-0.05, 0) is 80.2 Å². The Bertz CT molecular complexity index is 1420. The standard InChI is InChI=1S/C28H27ClN4O2S/c1-17-14-22(18(2)32(17)20-9-7-8-19(29)15-20)27-26(23-10-5-6-13-30-23)31-28(36)33(27)24-12-11-21(34-3)16-25(24)35-4/h5-16,26-27H,1-4H3,(H,31,36)/t26-,27-/m0/s1. The molecule has 0 radical (unpaired) electrons.